The molecule has 0 saturated carbocycles. The summed E-state index contributed by atoms with van der Waals surface area (Å²) in [5.41, 5.74) is 13.2. The Labute approximate surface area is 233 Å². The van der Waals surface area contributed by atoms with Gasteiger partial charge < -0.3 is 5.32 Å². The van der Waals surface area contributed by atoms with Gasteiger partial charge in [-0.05, 0) is 92.4 Å². The summed E-state index contributed by atoms with van der Waals surface area (Å²) in [7, 11) is 0. The Morgan fingerprint density at radius 2 is 1.03 bits per heavy atom. The molecule has 0 unspecified atom stereocenters. The van der Waals surface area contributed by atoms with Crippen molar-refractivity contribution in [3.05, 3.63) is 132 Å². The molecule has 1 N–H and O–H groups in total. The van der Waals surface area contributed by atoms with Crippen LogP contribution in [0.1, 0.15) is 51.7 Å². The molecular formula is C38H37N. The van der Waals surface area contributed by atoms with Crippen LogP contribution in [0.2, 0.25) is 0 Å². The van der Waals surface area contributed by atoms with Gasteiger partial charge >= 0.3 is 0 Å². The maximum absolute atomic E-state index is 3.66. The molecule has 6 rings (SSSR count). The van der Waals surface area contributed by atoms with Crippen LogP contribution in [-0.4, -0.2) is 0 Å². The zero-order chi connectivity index (χ0) is 27.0. The molecule has 0 saturated heterocycles. The van der Waals surface area contributed by atoms with Gasteiger partial charge in [0, 0.05) is 11.4 Å². The van der Waals surface area contributed by atoms with Crippen molar-refractivity contribution < 1.29 is 0 Å². The largest absolute Gasteiger partial charge is 0.356 e. The van der Waals surface area contributed by atoms with Gasteiger partial charge in [0.2, 0.25) is 0 Å². The van der Waals surface area contributed by atoms with Crippen LogP contribution in [0.15, 0.2) is 121 Å². The number of benzene rings is 5. The van der Waals surface area contributed by atoms with Gasteiger partial charge in [-0.25, -0.2) is 0 Å². The van der Waals surface area contributed by atoms with Gasteiger partial charge in [0.1, 0.15) is 0 Å². The lowest BCUT2D eigenvalue weighted by Gasteiger charge is -2.43. The van der Waals surface area contributed by atoms with Gasteiger partial charge in [-0.2, -0.15) is 0 Å². The van der Waals surface area contributed by atoms with E-state index in [1.807, 2.05) is 0 Å². The van der Waals surface area contributed by atoms with Gasteiger partial charge in [-0.1, -0.05) is 125 Å². The average molecular weight is 508 g/mol. The van der Waals surface area contributed by atoms with E-state index in [-0.39, 0.29) is 10.8 Å². The lowest BCUT2D eigenvalue weighted by atomic mass is 9.61. The number of hydrogen-bond donors (Lipinski definition) is 1. The minimum Gasteiger partial charge on any atom is -0.356 e. The van der Waals surface area contributed by atoms with Crippen LogP contribution in [0.25, 0.3) is 33.4 Å². The quantitative estimate of drug-likeness (QED) is 0.249. The van der Waals surface area contributed by atoms with E-state index in [4.69, 9.17) is 0 Å². The molecule has 0 amide bonds. The molecule has 1 nitrogen and oxygen atoms in total. The van der Waals surface area contributed by atoms with Crippen molar-refractivity contribution in [2.45, 2.75) is 51.4 Å². The zero-order valence-electron chi connectivity index (χ0n) is 23.5. The lowest BCUT2D eigenvalue weighted by molar-refractivity contribution is 0.333. The van der Waals surface area contributed by atoms with E-state index < -0.39 is 0 Å². The third-order valence-corrected chi connectivity index (χ3v) is 8.52. The first-order chi connectivity index (χ1) is 18.8. The van der Waals surface area contributed by atoms with Crippen molar-refractivity contribution >= 4 is 11.4 Å². The van der Waals surface area contributed by atoms with Crippen LogP contribution in [0.4, 0.5) is 11.4 Å². The fourth-order valence-corrected chi connectivity index (χ4v) is 6.22. The molecule has 1 aliphatic rings. The van der Waals surface area contributed by atoms with Gasteiger partial charge in [0.05, 0.1) is 0 Å². The minimum atomic E-state index is 0.173. The van der Waals surface area contributed by atoms with Gasteiger partial charge in [0.15, 0.2) is 0 Å². The molecule has 0 bridgehead atoms. The monoisotopic (exact) mass is 507 g/mol. The summed E-state index contributed by atoms with van der Waals surface area (Å²) in [6.45, 7) is 9.60. The minimum absolute atomic E-state index is 0.173. The molecule has 0 fully saturated rings. The van der Waals surface area contributed by atoms with Crippen LogP contribution in [-0.2, 0) is 10.8 Å². The van der Waals surface area contributed by atoms with Crippen LogP contribution < -0.4 is 5.32 Å². The van der Waals surface area contributed by atoms with Crippen LogP contribution in [0, 0.1) is 0 Å². The molecule has 0 spiro atoms. The summed E-state index contributed by atoms with van der Waals surface area (Å²) in [6.07, 6.45) is 2.44. The Morgan fingerprint density at radius 3 is 1.69 bits per heavy atom. The third kappa shape index (κ3) is 4.90. The molecule has 39 heavy (non-hydrogen) atoms. The second-order valence-corrected chi connectivity index (χ2v) is 12.2. The molecular weight excluding hydrogens is 470 g/mol. The van der Waals surface area contributed by atoms with Crippen LogP contribution in [0.3, 0.4) is 0 Å². The highest BCUT2D eigenvalue weighted by atomic mass is 14.9. The first-order valence-corrected chi connectivity index (χ1v) is 14.1. The topological polar surface area (TPSA) is 12.0 Å². The van der Waals surface area contributed by atoms with Gasteiger partial charge in [-0.3, -0.25) is 0 Å². The average Bonchev–Trinajstić information content (AvgIpc) is 2.97. The SMILES string of the molecule is CC1(C)CCC(C)(C)c2c(-c3ccc(Nc4ccc(-c5ccccc5)c(-c5ccccc5)c4)cc3)cccc21. The Kier molecular flexibility index (Phi) is 6.39. The smallest absolute Gasteiger partial charge is 0.0390 e. The van der Waals surface area contributed by atoms with Crippen LogP contribution in [0.5, 0.6) is 0 Å². The molecule has 5 aromatic carbocycles. The third-order valence-electron chi connectivity index (χ3n) is 8.52. The highest BCUT2D eigenvalue weighted by Crippen LogP contribution is 2.49. The second-order valence-electron chi connectivity index (χ2n) is 12.2. The Morgan fingerprint density at radius 1 is 0.462 bits per heavy atom. The molecule has 1 heteroatoms. The van der Waals surface area contributed by atoms with Gasteiger partial charge in [-0.15, -0.1) is 0 Å². The predicted molar refractivity (Wildman–Crippen MR) is 168 cm³/mol. The lowest BCUT2D eigenvalue weighted by Crippen LogP contribution is -2.34. The van der Waals surface area contributed by atoms with Crippen molar-refractivity contribution in [1.82, 2.24) is 0 Å². The fourth-order valence-electron chi connectivity index (χ4n) is 6.22. The summed E-state index contributed by atoms with van der Waals surface area (Å²) in [5.74, 6) is 0. The zero-order valence-corrected chi connectivity index (χ0v) is 23.5. The first-order valence-electron chi connectivity index (χ1n) is 14.1. The van der Waals surface area contributed by atoms with Gasteiger partial charge in [0.25, 0.3) is 0 Å². The van der Waals surface area contributed by atoms with E-state index in [1.54, 1.807) is 0 Å². The number of rotatable bonds is 5. The highest BCUT2D eigenvalue weighted by molar-refractivity contribution is 5.86. The Balaban J connectivity index is 1.33. The van der Waals surface area contributed by atoms with E-state index in [9.17, 15) is 0 Å². The maximum atomic E-state index is 3.66. The summed E-state index contributed by atoms with van der Waals surface area (Å²) in [5, 5.41) is 3.66. The summed E-state index contributed by atoms with van der Waals surface area (Å²) >= 11 is 0. The van der Waals surface area contributed by atoms with E-state index in [0.29, 0.717) is 0 Å². The maximum Gasteiger partial charge on any atom is 0.0390 e. The standard InChI is InChI=1S/C38H37N/c1-37(2)24-25-38(3,4)36-33(16-11-17-35(36)37)29-18-20-30(21-19-29)39-31-22-23-32(27-12-7-5-8-13-27)34(26-31)28-14-9-6-10-15-28/h5-23,26,39H,24-25H2,1-4H3. The highest BCUT2D eigenvalue weighted by Gasteiger charge is 2.38. The molecule has 194 valence electrons. The molecule has 0 heterocycles. The van der Waals surface area contributed by atoms with Crippen molar-refractivity contribution in [2.24, 2.45) is 0 Å². The Bertz CT molecular complexity index is 1590. The molecule has 0 aromatic heterocycles. The summed E-state index contributed by atoms with van der Waals surface area (Å²) < 4.78 is 0. The second kappa shape index (κ2) is 9.89. The van der Waals surface area contributed by atoms with E-state index >= 15 is 0 Å². The van der Waals surface area contributed by atoms with E-state index in [1.165, 1.54) is 57.3 Å². The fraction of sp³-hybridized carbons (Fsp3) is 0.211. The summed E-state index contributed by atoms with van der Waals surface area (Å²) in [4.78, 5) is 0. The van der Waals surface area contributed by atoms with E-state index in [2.05, 4.69) is 154 Å². The first kappa shape index (κ1) is 25.2. The number of hydrogen-bond acceptors (Lipinski definition) is 1. The number of fused-ring (bicyclic) bond motifs is 1. The van der Waals surface area contributed by atoms with Crippen molar-refractivity contribution in [1.29, 1.82) is 0 Å². The molecule has 0 radical (unpaired) electrons. The number of anilines is 2. The number of nitrogens with one attached hydrogen (secondary N) is 1. The van der Waals surface area contributed by atoms with Crippen LogP contribution >= 0.6 is 0 Å². The summed E-state index contributed by atoms with van der Waals surface area (Å²) in [6, 6.07) is 43.8. The molecule has 0 atom stereocenters. The van der Waals surface area contributed by atoms with Crippen molar-refractivity contribution in [3.63, 3.8) is 0 Å². The van der Waals surface area contributed by atoms with Crippen molar-refractivity contribution in [3.8, 4) is 33.4 Å². The normalized spacial score (nSPS) is 15.4. The Hall–Kier alpha value is -4.10. The molecule has 5 aromatic rings. The predicted octanol–water partition coefficient (Wildman–Crippen LogP) is 10.8. The molecule has 1 aliphatic carbocycles. The van der Waals surface area contributed by atoms with Crippen molar-refractivity contribution in [2.75, 3.05) is 5.32 Å². The molecule has 0 aliphatic heterocycles. The van der Waals surface area contributed by atoms with E-state index in [0.717, 1.165) is 11.4 Å².